The summed E-state index contributed by atoms with van der Waals surface area (Å²) in [4.78, 5) is 16.1. The smallest absolute Gasteiger partial charge is 0.287 e. The molecule has 2 rings (SSSR count). The second-order valence-corrected chi connectivity index (χ2v) is 5.67. The van der Waals surface area contributed by atoms with E-state index in [1.807, 2.05) is 6.92 Å². The zero-order chi connectivity index (χ0) is 15.8. The van der Waals surface area contributed by atoms with Crippen molar-refractivity contribution in [3.05, 3.63) is 23.7 Å². The first kappa shape index (κ1) is 19.8. The molecule has 1 aromatic rings. The zero-order valence-corrected chi connectivity index (χ0v) is 16.2. The van der Waals surface area contributed by atoms with E-state index in [-0.39, 0.29) is 29.9 Å². The van der Waals surface area contributed by atoms with Crippen LogP contribution in [0.15, 0.2) is 21.7 Å². The summed E-state index contributed by atoms with van der Waals surface area (Å²) in [7, 11) is 1.78. The van der Waals surface area contributed by atoms with E-state index in [1.165, 1.54) is 31.9 Å². The predicted molar refractivity (Wildman–Crippen MR) is 103 cm³/mol. The van der Waals surface area contributed by atoms with E-state index < -0.39 is 0 Å². The number of carbonyl (C=O) groups excluding carboxylic acids is 1. The molecule has 0 aromatic carbocycles. The molecular weight excluding hydrogens is 407 g/mol. The van der Waals surface area contributed by atoms with Crippen molar-refractivity contribution in [1.82, 2.24) is 16.0 Å². The number of aliphatic imine (C=N–C) groups is 1. The highest BCUT2D eigenvalue weighted by molar-refractivity contribution is 14.0. The number of carbonyl (C=O) groups is 1. The molecule has 1 fully saturated rings. The first-order valence-electron chi connectivity index (χ1n) is 8.00. The number of hydrogen-bond acceptors (Lipinski definition) is 3. The number of furan rings is 1. The third-order valence-corrected chi connectivity index (χ3v) is 3.92. The van der Waals surface area contributed by atoms with Crippen molar-refractivity contribution in [2.75, 3.05) is 20.1 Å². The monoisotopic (exact) mass is 434 g/mol. The van der Waals surface area contributed by atoms with Gasteiger partial charge in [-0.05, 0) is 32.3 Å². The number of aryl methyl sites for hydroxylation is 1. The van der Waals surface area contributed by atoms with Crippen molar-refractivity contribution >= 4 is 35.8 Å². The van der Waals surface area contributed by atoms with Crippen LogP contribution in [-0.2, 0) is 0 Å². The molecule has 6 nitrogen and oxygen atoms in total. The fourth-order valence-electron chi connectivity index (χ4n) is 2.64. The lowest BCUT2D eigenvalue weighted by Gasteiger charge is -2.16. The summed E-state index contributed by atoms with van der Waals surface area (Å²) >= 11 is 0. The maximum Gasteiger partial charge on any atom is 0.287 e. The van der Waals surface area contributed by atoms with Crippen molar-refractivity contribution < 1.29 is 9.21 Å². The van der Waals surface area contributed by atoms with Gasteiger partial charge in [-0.25, -0.2) is 0 Å². The van der Waals surface area contributed by atoms with Crippen LogP contribution in [0.5, 0.6) is 0 Å². The molecular formula is C16H27IN4O2. The SMILES string of the molecule is CN=C(NCCCNC(=O)c1occc1C)NC1CCCC1.I. The average molecular weight is 434 g/mol. The van der Waals surface area contributed by atoms with Crippen LogP contribution < -0.4 is 16.0 Å². The van der Waals surface area contributed by atoms with Crippen LogP contribution in [0, 0.1) is 6.92 Å². The lowest BCUT2D eigenvalue weighted by Crippen LogP contribution is -2.43. The van der Waals surface area contributed by atoms with Crippen LogP contribution in [0.3, 0.4) is 0 Å². The third kappa shape index (κ3) is 6.40. The Morgan fingerprint density at radius 2 is 2.00 bits per heavy atom. The van der Waals surface area contributed by atoms with E-state index in [0.717, 1.165) is 24.5 Å². The van der Waals surface area contributed by atoms with E-state index in [4.69, 9.17) is 4.42 Å². The Hall–Kier alpha value is -1.25. The van der Waals surface area contributed by atoms with Crippen LogP contribution in [0.1, 0.15) is 48.2 Å². The second-order valence-electron chi connectivity index (χ2n) is 5.67. The second kappa shape index (κ2) is 10.5. The van der Waals surface area contributed by atoms with E-state index in [1.54, 1.807) is 13.1 Å². The molecule has 130 valence electrons. The number of amides is 1. The minimum atomic E-state index is -0.157. The van der Waals surface area contributed by atoms with E-state index in [0.29, 0.717) is 18.3 Å². The highest BCUT2D eigenvalue weighted by Crippen LogP contribution is 2.17. The minimum absolute atomic E-state index is 0. The van der Waals surface area contributed by atoms with Gasteiger partial charge in [0.15, 0.2) is 11.7 Å². The minimum Gasteiger partial charge on any atom is -0.459 e. The Balaban J connectivity index is 0.00000264. The molecule has 1 amide bonds. The van der Waals surface area contributed by atoms with Crippen molar-refractivity contribution in [2.45, 2.75) is 45.1 Å². The molecule has 0 radical (unpaired) electrons. The maximum absolute atomic E-state index is 11.8. The molecule has 1 aromatic heterocycles. The molecule has 23 heavy (non-hydrogen) atoms. The first-order valence-corrected chi connectivity index (χ1v) is 8.00. The number of guanidine groups is 1. The zero-order valence-electron chi connectivity index (χ0n) is 13.9. The summed E-state index contributed by atoms with van der Waals surface area (Å²) in [5, 5.41) is 9.57. The number of hydrogen-bond donors (Lipinski definition) is 3. The molecule has 0 atom stereocenters. The maximum atomic E-state index is 11.8. The fourth-order valence-corrected chi connectivity index (χ4v) is 2.64. The van der Waals surface area contributed by atoms with Gasteiger partial charge in [0.2, 0.25) is 0 Å². The molecule has 3 N–H and O–H groups in total. The average Bonchev–Trinajstić information content (AvgIpc) is 3.16. The summed E-state index contributed by atoms with van der Waals surface area (Å²) in [6, 6.07) is 2.34. The normalized spacial score (nSPS) is 15.1. The lowest BCUT2D eigenvalue weighted by atomic mass is 10.2. The van der Waals surface area contributed by atoms with E-state index >= 15 is 0 Å². The molecule has 1 aliphatic carbocycles. The molecule has 1 aliphatic rings. The fraction of sp³-hybridized carbons (Fsp3) is 0.625. The lowest BCUT2D eigenvalue weighted by molar-refractivity contribution is 0.0925. The first-order chi connectivity index (χ1) is 10.7. The molecule has 1 saturated carbocycles. The van der Waals surface area contributed by atoms with Gasteiger partial charge in [-0.1, -0.05) is 12.8 Å². The van der Waals surface area contributed by atoms with Gasteiger partial charge >= 0.3 is 0 Å². The number of rotatable bonds is 6. The number of nitrogens with zero attached hydrogens (tertiary/aromatic N) is 1. The van der Waals surface area contributed by atoms with Crippen molar-refractivity contribution in [1.29, 1.82) is 0 Å². The number of halogens is 1. The summed E-state index contributed by atoms with van der Waals surface area (Å²) in [5.74, 6) is 1.09. The molecule has 0 bridgehead atoms. The van der Waals surface area contributed by atoms with Gasteiger partial charge in [-0.15, -0.1) is 24.0 Å². The Morgan fingerprint density at radius 1 is 1.30 bits per heavy atom. The van der Waals surface area contributed by atoms with Gasteiger partial charge in [0.25, 0.3) is 5.91 Å². The summed E-state index contributed by atoms with van der Waals surface area (Å²) in [6.45, 7) is 3.23. The van der Waals surface area contributed by atoms with Gasteiger partial charge in [0.1, 0.15) is 0 Å². The van der Waals surface area contributed by atoms with Crippen LogP contribution in [0.25, 0.3) is 0 Å². The van der Waals surface area contributed by atoms with E-state index in [9.17, 15) is 4.79 Å². The highest BCUT2D eigenvalue weighted by atomic mass is 127. The van der Waals surface area contributed by atoms with Crippen molar-refractivity contribution in [3.63, 3.8) is 0 Å². The quantitative estimate of drug-likeness (QED) is 0.278. The molecule has 1 heterocycles. The Morgan fingerprint density at radius 3 is 2.61 bits per heavy atom. The van der Waals surface area contributed by atoms with Crippen LogP contribution in [-0.4, -0.2) is 38.0 Å². The molecule has 7 heteroatoms. The van der Waals surface area contributed by atoms with Crippen molar-refractivity contribution in [2.24, 2.45) is 4.99 Å². The molecule has 0 spiro atoms. The predicted octanol–water partition coefficient (Wildman–Crippen LogP) is 2.43. The van der Waals surface area contributed by atoms with Crippen molar-refractivity contribution in [3.8, 4) is 0 Å². The van der Waals surface area contributed by atoms with Crippen LogP contribution in [0.4, 0.5) is 0 Å². The van der Waals surface area contributed by atoms with Gasteiger partial charge in [-0.2, -0.15) is 0 Å². The third-order valence-electron chi connectivity index (χ3n) is 3.92. The van der Waals surface area contributed by atoms with Gasteiger partial charge in [-0.3, -0.25) is 9.79 Å². The highest BCUT2D eigenvalue weighted by Gasteiger charge is 2.15. The summed E-state index contributed by atoms with van der Waals surface area (Å²) < 4.78 is 5.16. The standard InChI is InChI=1S/C16H26N4O2.HI/c1-12-8-11-22-14(12)15(21)18-9-5-10-19-16(17-2)20-13-6-3-4-7-13;/h8,11,13H,3-7,9-10H2,1-2H3,(H,18,21)(H2,17,19,20);1H. The molecule has 0 saturated heterocycles. The van der Waals surface area contributed by atoms with E-state index in [2.05, 4.69) is 20.9 Å². The summed E-state index contributed by atoms with van der Waals surface area (Å²) in [5.41, 5.74) is 0.858. The van der Waals surface area contributed by atoms with Gasteiger partial charge < -0.3 is 20.4 Å². The van der Waals surface area contributed by atoms with Gasteiger partial charge in [0, 0.05) is 31.7 Å². The van der Waals surface area contributed by atoms with Crippen LogP contribution >= 0.6 is 24.0 Å². The Bertz CT molecular complexity index is 510. The number of nitrogens with one attached hydrogen (secondary N) is 3. The molecule has 0 unspecified atom stereocenters. The molecule has 0 aliphatic heterocycles. The summed E-state index contributed by atoms with van der Waals surface area (Å²) in [6.07, 6.45) is 7.40. The van der Waals surface area contributed by atoms with Crippen LogP contribution in [0.2, 0.25) is 0 Å². The Labute approximate surface area is 154 Å². The van der Waals surface area contributed by atoms with Gasteiger partial charge in [0.05, 0.1) is 6.26 Å². The topological polar surface area (TPSA) is 78.7 Å². The Kier molecular flexibility index (Phi) is 9.05. The largest absolute Gasteiger partial charge is 0.459 e.